The van der Waals surface area contributed by atoms with Crippen molar-refractivity contribution < 1.29 is 9.13 Å². The molecule has 11 heteroatoms. The van der Waals surface area contributed by atoms with Gasteiger partial charge in [0, 0.05) is 46.2 Å². The van der Waals surface area contributed by atoms with E-state index in [0.29, 0.717) is 51.4 Å². The topological polar surface area (TPSA) is 103 Å². The highest BCUT2D eigenvalue weighted by molar-refractivity contribution is 7.23. The summed E-state index contributed by atoms with van der Waals surface area (Å²) in [5, 5.41) is 15.3. The van der Waals surface area contributed by atoms with Crippen molar-refractivity contribution in [3.8, 4) is 23.2 Å². The highest BCUT2D eigenvalue weighted by Gasteiger charge is 2.45. The fraction of sp³-hybridized carbons (Fsp3) is 0.452. The van der Waals surface area contributed by atoms with Crippen LogP contribution in [-0.2, 0) is 0 Å². The number of nitriles is 1. The van der Waals surface area contributed by atoms with E-state index in [2.05, 4.69) is 21.2 Å². The van der Waals surface area contributed by atoms with Crippen LogP contribution in [0.4, 0.5) is 15.2 Å². The minimum Gasteiger partial charge on any atom is -0.461 e. The standard InChI is InChI=1S/C31H31ClFN7OS/c32-22-12-20-27(26(33)25(22)19-4-1-5-23-24(19)21(13-34)28(35)42-23)37-30(41-16-31-8-2-10-40(31)11-3-9-31)38-29(20)39-14-17-6-7-18(15-39)36-17/h1,4-5,12,17-18,36H,2-3,6-11,14-16,35H2. The van der Waals surface area contributed by atoms with Gasteiger partial charge in [-0.15, -0.1) is 11.3 Å². The van der Waals surface area contributed by atoms with Gasteiger partial charge in [-0.25, -0.2) is 4.39 Å². The van der Waals surface area contributed by atoms with Crippen LogP contribution in [0.3, 0.4) is 0 Å². The van der Waals surface area contributed by atoms with Gasteiger partial charge in [0.1, 0.15) is 29.0 Å². The van der Waals surface area contributed by atoms with Gasteiger partial charge in [0.2, 0.25) is 0 Å². The number of benzene rings is 2. The van der Waals surface area contributed by atoms with Crippen LogP contribution in [0.15, 0.2) is 24.3 Å². The van der Waals surface area contributed by atoms with Gasteiger partial charge in [-0.2, -0.15) is 15.2 Å². The van der Waals surface area contributed by atoms with E-state index >= 15 is 4.39 Å². The molecule has 42 heavy (non-hydrogen) atoms. The number of piperazine rings is 1. The number of aromatic nitrogens is 2. The van der Waals surface area contributed by atoms with Crippen LogP contribution in [-0.4, -0.2) is 65.3 Å². The van der Waals surface area contributed by atoms with Crippen LogP contribution in [0.1, 0.15) is 44.1 Å². The van der Waals surface area contributed by atoms with Crippen molar-refractivity contribution in [1.29, 1.82) is 5.26 Å². The van der Waals surface area contributed by atoms with Crippen LogP contribution in [0, 0.1) is 17.1 Å². The zero-order valence-electron chi connectivity index (χ0n) is 23.1. The molecule has 4 fully saturated rings. The molecule has 0 aliphatic carbocycles. The minimum atomic E-state index is -0.549. The maximum atomic E-state index is 16.9. The number of nitrogens with one attached hydrogen (secondary N) is 1. The molecule has 4 aromatic rings. The van der Waals surface area contributed by atoms with Gasteiger partial charge in [-0.3, -0.25) is 4.90 Å². The monoisotopic (exact) mass is 603 g/mol. The van der Waals surface area contributed by atoms with E-state index in [-0.39, 0.29) is 27.7 Å². The SMILES string of the molecule is N#Cc1c(N)sc2cccc(-c3c(Cl)cc4c(N5CC6CCC(C5)N6)nc(OCC56CCCN5CCC6)nc4c3F)c12. The molecule has 4 aliphatic rings. The molecular weight excluding hydrogens is 573 g/mol. The quantitative estimate of drug-likeness (QED) is 0.299. The summed E-state index contributed by atoms with van der Waals surface area (Å²) in [5.41, 5.74) is 7.42. The maximum absolute atomic E-state index is 16.9. The van der Waals surface area contributed by atoms with Crippen molar-refractivity contribution in [1.82, 2.24) is 20.2 Å². The van der Waals surface area contributed by atoms with E-state index in [1.54, 1.807) is 12.1 Å². The Morgan fingerprint density at radius 1 is 1.19 bits per heavy atom. The summed E-state index contributed by atoms with van der Waals surface area (Å²) in [7, 11) is 0. The molecule has 4 aliphatic heterocycles. The van der Waals surface area contributed by atoms with Gasteiger partial charge >= 0.3 is 6.01 Å². The minimum absolute atomic E-state index is 0.0125. The van der Waals surface area contributed by atoms with Crippen molar-refractivity contribution in [2.45, 2.75) is 56.1 Å². The smallest absolute Gasteiger partial charge is 0.319 e. The number of ether oxygens (including phenoxy) is 1. The van der Waals surface area contributed by atoms with E-state index in [1.165, 1.54) is 11.3 Å². The highest BCUT2D eigenvalue weighted by Crippen LogP contribution is 2.45. The lowest BCUT2D eigenvalue weighted by atomic mass is 9.95. The third-order valence-electron chi connectivity index (χ3n) is 9.76. The number of fused-ring (bicyclic) bond motifs is 5. The fourth-order valence-corrected chi connectivity index (χ4v) is 9.07. The molecule has 2 unspecified atom stereocenters. The van der Waals surface area contributed by atoms with Crippen molar-refractivity contribution in [3.63, 3.8) is 0 Å². The lowest BCUT2D eigenvalue weighted by Gasteiger charge is -2.35. The normalized spacial score (nSPS) is 23.1. The third-order valence-corrected chi connectivity index (χ3v) is 11.0. The Labute approximate surface area is 252 Å². The number of nitrogen functional groups attached to an aromatic ring is 1. The van der Waals surface area contributed by atoms with E-state index < -0.39 is 5.82 Å². The first kappa shape index (κ1) is 26.4. The first-order chi connectivity index (χ1) is 20.4. The summed E-state index contributed by atoms with van der Waals surface area (Å²) in [5.74, 6) is 0.107. The Balaban J connectivity index is 1.29. The van der Waals surface area contributed by atoms with Gasteiger partial charge in [-0.05, 0) is 69.3 Å². The van der Waals surface area contributed by atoms with Gasteiger partial charge in [0.15, 0.2) is 5.82 Å². The number of rotatable bonds is 5. The molecule has 2 aromatic carbocycles. The van der Waals surface area contributed by atoms with E-state index in [9.17, 15) is 5.26 Å². The number of hydrogen-bond donors (Lipinski definition) is 2. The predicted molar refractivity (Wildman–Crippen MR) is 165 cm³/mol. The Morgan fingerprint density at radius 2 is 1.95 bits per heavy atom. The number of thiophene rings is 1. The van der Waals surface area contributed by atoms with Crippen molar-refractivity contribution >= 4 is 54.7 Å². The molecule has 2 bridgehead atoms. The summed E-state index contributed by atoms with van der Waals surface area (Å²) in [6.07, 6.45) is 6.74. The maximum Gasteiger partial charge on any atom is 0.319 e. The molecule has 8 nitrogen and oxygen atoms in total. The van der Waals surface area contributed by atoms with Gasteiger partial charge < -0.3 is 20.7 Å². The largest absolute Gasteiger partial charge is 0.461 e. The van der Waals surface area contributed by atoms with Gasteiger partial charge in [0.05, 0.1) is 16.1 Å². The van der Waals surface area contributed by atoms with E-state index in [4.69, 9.17) is 32.0 Å². The zero-order valence-corrected chi connectivity index (χ0v) is 24.7. The first-order valence-electron chi connectivity index (χ1n) is 14.7. The van der Waals surface area contributed by atoms with Crippen molar-refractivity contribution in [2.75, 3.05) is 43.4 Å². The van der Waals surface area contributed by atoms with E-state index in [0.717, 1.165) is 69.4 Å². The number of anilines is 2. The highest BCUT2D eigenvalue weighted by atomic mass is 35.5. The van der Waals surface area contributed by atoms with Crippen molar-refractivity contribution in [3.05, 3.63) is 40.7 Å². The molecule has 0 radical (unpaired) electrons. The summed E-state index contributed by atoms with van der Waals surface area (Å²) in [4.78, 5) is 14.4. The van der Waals surface area contributed by atoms with Crippen LogP contribution < -0.4 is 20.7 Å². The number of hydrogen-bond acceptors (Lipinski definition) is 9. The molecule has 6 heterocycles. The Morgan fingerprint density at radius 3 is 2.69 bits per heavy atom. The molecule has 0 amide bonds. The average molecular weight is 604 g/mol. The van der Waals surface area contributed by atoms with Crippen LogP contribution in [0.25, 0.3) is 32.1 Å². The Bertz CT molecular complexity index is 1770. The molecule has 3 N–H and O–H groups in total. The summed E-state index contributed by atoms with van der Waals surface area (Å²) in [6.45, 7) is 4.23. The molecule has 8 rings (SSSR count). The second-order valence-electron chi connectivity index (χ2n) is 12.2. The third kappa shape index (κ3) is 4.05. The molecule has 4 saturated heterocycles. The second kappa shape index (κ2) is 9.91. The number of nitrogens with zero attached hydrogens (tertiary/aromatic N) is 5. The number of halogens is 2. The molecule has 2 atom stereocenters. The molecule has 0 saturated carbocycles. The Hall–Kier alpha value is -3.23. The molecule has 216 valence electrons. The van der Waals surface area contributed by atoms with E-state index in [1.807, 2.05) is 12.1 Å². The fourth-order valence-electron chi connectivity index (χ4n) is 7.83. The summed E-state index contributed by atoms with van der Waals surface area (Å²) < 4.78 is 24.0. The van der Waals surface area contributed by atoms with Crippen LogP contribution >= 0.6 is 22.9 Å². The lowest BCUT2D eigenvalue weighted by molar-refractivity contribution is 0.108. The number of nitrogens with two attached hydrogens (primary N) is 1. The second-order valence-corrected chi connectivity index (χ2v) is 13.6. The predicted octanol–water partition coefficient (Wildman–Crippen LogP) is 5.71. The molecule has 0 spiro atoms. The van der Waals surface area contributed by atoms with Crippen LogP contribution in [0.2, 0.25) is 5.02 Å². The lowest BCUT2D eigenvalue weighted by Crippen LogP contribution is -2.51. The first-order valence-corrected chi connectivity index (χ1v) is 15.9. The Kier molecular flexibility index (Phi) is 6.23. The van der Waals surface area contributed by atoms with Crippen LogP contribution in [0.5, 0.6) is 6.01 Å². The van der Waals surface area contributed by atoms with Crippen molar-refractivity contribution in [2.24, 2.45) is 0 Å². The zero-order chi connectivity index (χ0) is 28.6. The molecule has 2 aromatic heterocycles. The molecular formula is C31H31ClFN7OS. The average Bonchev–Trinajstić information content (AvgIpc) is 3.73. The summed E-state index contributed by atoms with van der Waals surface area (Å²) in [6, 6.07) is 10.4. The van der Waals surface area contributed by atoms with Gasteiger partial charge in [0.25, 0.3) is 0 Å². The van der Waals surface area contributed by atoms with Gasteiger partial charge in [-0.1, -0.05) is 23.7 Å². The summed E-state index contributed by atoms with van der Waals surface area (Å²) >= 11 is 8.21.